The number of rotatable bonds is 6. The Labute approximate surface area is 177 Å². The van der Waals surface area contributed by atoms with Gasteiger partial charge in [-0.25, -0.2) is 4.21 Å². The van der Waals surface area contributed by atoms with Crippen LogP contribution in [0.2, 0.25) is 0 Å². The first-order valence-electron chi connectivity index (χ1n) is 9.53. The number of fused-ring (bicyclic) bond motifs is 1. The van der Waals surface area contributed by atoms with Gasteiger partial charge in [-0.3, -0.25) is 0 Å². The fraction of sp³-hybridized carbons (Fsp3) is 0.125. The van der Waals surface area contributed by atoms with Gasteiger partial charge in [0.2, 0.25) is 0 Å². The fourth-order valence-electron chi connectivity index (χ4n) is 3.79. The van der Waals surface area contributed by atoms with Crippen LogP contribution in [0.5, 0.6) is 5.75 Å². The van der Waals surface area contributed by atoms with E-state index >= 15 is 0 Å². The van der Waals surface area contributed by atoms with Gasteiger partial charge in [0.1, 0.15) is 17.8 Å². The summed E-state index contributed by atoms with van der Waals surface area (Å²) in [5.74, 6) is 0.785. The minimum absolute atomic E-state index is 0.0584. The number of nitrogens with two attached hydrogens (primary N) is 1. The molecule has 4 rings (SSSR count). The molecule has 152 valence electrons. The van der Waals surface area contributed by atoms with E-state index in [1.165, 1.54) is 0 Å². The van der Waals surface area contributed by atoms with Crippen LogP contribution in [-0.2, 0) is 28.2 Å². The molecule has 0 aliphatic carbocycles. The van der Waals surface area contributed by atoms with E-state index in [0.717, 1.165) is 39.7 Å². The molecule has 3 aromatic carbocycles. The van der Waals surface area contributed by atoms with Crippen molar-refractivity contribution in [2.75, 3.05) is 0 Å². The molecule has 1 heterocycles. The van der Waals surface area contributed by atoms with E-state index in [9.17, 15) is 9.00 Å². The van der Waals surface area contributed by atoms with E-state index in [4.69, 9.17) is 15.0 Å². The summed E-state index contributed by atoms with van der Waals surface area (Å²) in [6.45, 7) is 0.335. The molecule has 0 spiro atoms. The second-order valence-electron chi connectivity index (χ2n) is 7.02. The summed E-state index contributed by atoms with van der Waals surface area (Å²) in [6.07, 6.45) is 0.938. The van der Waals surface area contributed by atoms with Gasteiger partial charge in [0.05, 0.1) is 11.7 Å². The summed E-state index contributed by atoms with van der Waals surface area (Å²) in [5.41, 5.74) is 10.9. The molecule has 0 saturated heterocycles. The number of carbonyl (C=O) groups excluding carboxylic acids is 1. The molecule has 30 heavy (non-hydrogen) atoms. The van der Waals surface area contributed by atoms with Gasteiger partial charge in [-0.1, -0.05) is 66.7 Å². The quantitative estimate of drug-likeness (QED) is 0.464. The molecule has 0 saturated carbocycles. The highest BCUT2D eigenvalue weighted by Crippen LogP contribution is 2.46. The minimum Gasteiger partial charge on any atom is -0.456 e. The monoisotopic (exact) mass is 419 g/mol. The molecule has 3 N–H and O–H groups in total. The van der Waals surface area contributed by atoms with E-state index in [2.05, 4.69) is 0 Å². The van der Waals surface area contributed by atoms with Gasteiger partial charge in [0.25, 0.3) is 0 Å². The second kappa shape index (κ2) is 8.75. The average molecular weight is 420 g/mol. The normalized spacial score (nSPS) is 16.5. The number of aldehydes is 1. The first kappa shape index (κ1) is 20.2. The topological polar surface area (TPSA) is 89.6 Å². The highest BCUT2D eigenvalue weighted by molar-refractivity contribution is 7.78. The van der Waals surface area contributed by atoms with Crippen LogP contribution in [0.25, 0.3) is 11.3 Å². The van der Waals surface area contributed by atoms with Crippen LogP contribution in [0.4, 0.5) is 0 Å². The van der Waals surface area contributed by atoms with E-state index in [1.54, 1.807) is 12.1 Å². The Bertz CT molecular complexity index is 1140. The third-order valence-electron chi connectivity index (χ3n) is 5.19. The molecule has 0 amide bonds. The molecule has 5 nitrogen and oxygen atoms in total. The van der Waals surface area contributed by atoms with Crippen molar-refractivity contribution in [3.63, 3.8) is 0 Å². The Kier molecular flexibility index (Phi) is 5.90. The zero-order valence-corrected chi connectivity index (χ0v) is 17.0. The van der Waals surface area contributed by atoms with E-state index in [-0.39, 0.29) is 5.75 Å². The summed E-state index contributed by atoms with van der Waals surface area (Å²) < 4.78 is 26.6. The van der Waals surface area contributed by atoms with Crippen molar-refractivity contribution in [3.8, 4) is 5.75 Å². The van der Waals surface area contributed by atoms with Gasteiger partial charge >= 0.3 is 0 Å². The Hall–Kier alpha value is -3.06. The third-order valence-corrected chi connectivity index (χ3v) is 5.77. The summed E-state index contributed by atoms with van der Waals surface area (Å²) in [7, 11) is 0. The van der Waals surface area contributed by atoms with Crippen molar-refractivity contribution >= 4 is 28.7 Å². The summed E-state index contributed by atoms with van der Waals surface area (Å²) in [6, 6.07) is 22.5. The number of ether oxygens (including phenoxy) is 1. The number of para-hydroxylation sites is 1. The van der Waals surface area contributed by atoms with Crippen molar-refractivity contribution in [2.24, 2.45) is 5.73 Å². The van der Waals surface area contributed by atoms with Crippen molar-refractivity contribution in [1.29, 1.82) is 0 Å². The smallest absolute Gasteiger partial charge is 0.157 e. The van der Waals surface area contributed by atoms with Gasteiger partial charge in [0, 0.05) is 23.2 Å². The molecular weight excluding hydrogens is 398 g/mol. The van der Waals surface area contributed by atoms with Crippen LogP contribution >= 0.6 is 0 Å². The van der Waals surface area contributed by atoms with Gasteiger partial charge in [-0.2, -0.15) is 0 Å². The average Bonchev–Trinajstić information content (AvgIpc) is 2.78. The molecule has 0 bridgehead atoms. The zero-order valence-electron chi connectivity index (χ0n) is 16.2. The lowest BCUT2D eigenvalue weighted by molar-refractivity contribution is -0.108. The third kappa shape index (κ3) is 3.85. The Morgan fingerprint density at radius 3 is 2.40 bits per heavy atom. The molecule has 0 aromatic heterocycles. The van der Waals surface area contributed by atoms with Crippen molar-refractivity contribution in [3.05, 3.63) is 101 Å². The number of benzene rings is 3. The standard InChI is InChI=1S/C24H21NO4S/c25-13-18-5-1-2-6-19(18)23-21(14-26)20-7-3-4-8-22(20)29-24(23)17-11-9-16(10-12-17)15-30(27)28/h1-12,14,21H,13,15,25H2,(H,27,28). The molecule has 2 unspecified atom stereocenters. The molecule has 0 radical (unpaired) electrons. The maximum Gasteiger partial charge on any atom is 0.157 e. The number of carbonyl (C=O) groups is 1. The van der Waals surface area contributed by atoms with Gasteiger partial charge in [0.15, 0.2) is 11.1 Å². The molecule has 3 aromatic rings. The predicted octanol–water partition coefficient (Wildman–Crippen LogP) is 4.11. The Morgan fingerprint density at radius 2 is 1.70 bits per heavy atom. The van der Waals surface area contributed by atoms with E-state index < -0.39 is 17.0 Å². The minimum atomic E-state index is -1.91. The summed E-state index contributed by atoms with van der Waals surface area (Å²) in [4.78, 5) is 12.3. The van der Waals surface area contributed by atoms with E-state index in [1.807, 2.05) is 60.7 Å². The maximum atomic E-state index is 12.3. The number of hydrogen-bond donors (Lipinski definition) is 2. The molecule has 1 aliphatic heterocycles. The van der Waals surface area contributed by atoms with Crippen LogP contribution in [0.1, 0.15) is 33.7 Å². The summed E-state index contributed by atoms with van der Waals surface area (Å²) in [5, 5.41) is 0. The largest absolute Gasteiger partial charge is 0.456 e. The van der Waals surface area contributed by atoms with Crippen LogP contribution in [0.3, 0.4) is 0 Å². The second-order valence-corrected chi connectivity index (χ2v) is 7.95. The van der Waals surface area contributed by atoms with Crippen molar-refractivity contribution in [1.82, 2.24) is 0 Å². The highest BCUT2D eigenvalue weighted by Gasteiger charge is 2.32. The van der Waals surface area contributed by atoms with Crippen molar-refractivity contribution < 1.29 is 18.3 Å². The first-order chi connectivity index (χ1) is 14.6. The number of hydrogen-bond acceptors (Lipinski definition) is 4. The van der Waals surface area contributed by atoms with Crippen LogP contribution < -0.4 is 10.5 Å². The molecule has 2 atom stereocenters. The molecule has 1 aliphatic rings. The highest BCUT2D eigenvalue weighted by atomic mass is 32.2. The Balaban J connectivity index is 1.93. The van der Waals surface area contributed by atoms with Gasteiger partial charge in [-0.15, -0.1) is 0 Å². The molecular formula is C24H21NO4S. The molecule has 6 heteroatoms. The Morgan fingerprint density at radius 1 is 1.00 bits per heavy atom. The maximum absolute atomic E-state index is 12.3. The van der Waals surface area contributed by atoms with Crippen LogP contribution in [0.15, 0.2) is 72.8 Å². The zero-order chi connectivity index (χ0) is 21.1. The lowest BCUT2D eigenvalue weighted by Crippen LogP contribution is -2.17. The molecule has 0 fully saturated rings. The van der Waals surface area contributed by atoms with Crippen LogP contribution in [0, 0.1) is 0 Å². The lowest BCUT2D eigenvalue weighted by atomic mass is 9.81. The van der Waals surface area contributed by atoms with Gasteiger partial charge in [-0.05, 0) is 22.8 Å². The van der Waals surface area contributed by atoms with Gasteiger partial charge < -0.3 is 19.8 Å². The SMILES string of the molecule is NCc1ccccc1C1=C(c2ccc(CS(=O)O)cc2)Oc2ccccc2C1C=O. The van der Waals surface area contributed by atoms with E-state index in [0.29, 0.717) is 18.1 Å². The van der Waals surface area contributed by atoms with Crippen LogP contribution in [-0.4, -0.2) is 15.0 Å². The number of allylic oxidation sites excluding steroid dienone is 1. The first-order valence-corrected chi connectivity index (χ1v) is 10.8. The van der Waals surface area contributed by atoms with Crippen molar-refractivity contribution in [2.45, 2.75) is 18.2 Å². The fourth-order valence-corrected chi connectivity index (χ4v) is 4.27. The summed E-state index contributed by atoms with van der Waals surface area (Å²) >= 11 is -1.91. The predicted molar refractivity (Wildman–Crippen MR) is 118 cm³/mol. The lowest BCUT2D eigenvalue weighted by Gasteiger charge is -2.29.